The predicted molar refractivity (Wildman–Crippen MR) is 57.0 cm³/mol. The second-order valence-electron chi connectivity index (χ2n) is 3.40. The zero-order valence-corrected chi connectivity index (χ0v) is 9.68. The van der Waals surface area contributed by atoms with Crippen LogP contribution in [-0.2, 0) is 18.8 Å². The largest absolute Gasteiger partial charge is 0.339 e. The molecule has 2 aromatic heterocycles. The van der Waals surface area contributed by atoms with Gasteiger partial charge in [0.1, 0.15) is 6.54 Å². The molecule has 16 heavy (non-hydrogen) atoms. The Morgan fingerprint density at radius 2 is 2.38 bits per heavy atom. The lowest BCUT2D eigenvalue weighted by atomic mass is 10.3. The average molecular weight is 242 g/mol. The van der Waals surface area contributed by atoms with E-state index in [1.807, 2.05) is 0 Å². The lowest BCUT2D eigenvalue weighted by Crippen LogP contribution is -2.02. The lowest BCUT2D eigenvalue weighted by Gasteiger charge is -1.91. The molecular weight excluding hydrogens is 230 g/mol. The van der Waals surface area contributed by atoms with Crippen LogP contribution >= 0.6 is 11.6 Å². The van der Waals surface area contributed by atoms with Crippen LogP contribution in [0.3, 0.4) is 0 Å². The van der Waals surface area contributed by atoms with E-state index >= 15 is 0 Å². The van der Waals surface area contributed by atoms with Gasteiger partial charge in [-0.05, 0) is 6.42 Å². The highest BCUT2D eigenvalue weighted by Gasteiger charge is 2.07. The summed E-state index contributed by atoms with van der Waals surface area (Å²) in [6, 6.07) is 0. The Morgan fingerprint density at radius 3 is 3.06 bits per heavy atom. The summed E-state index contributed by atoms with van der Waals surface area (Å²) in [7, 11) is 0. The molecule has 2 heterocycles. The van der Waals surface area contributed by atoms with Gasteiger partial charge in [-0.1, -0.05) is 17.3 Å². The molecule has 0 saturated carbocycles. The van der Waals surface area contributed by atoms with Crippen molar-refractivity contribution in [2.75, 3.05) is 0 Å². The van der Waals surface area contributed by atoms with Crippen molar-refractivity contribution in [3.63, 3.8) is 0 Å². The maximum atomic E-state index is 5.62. The van der Waals surface area contributed by atoms with Gasteiger partial charge >= 0.3 is 0 Å². The van der Waals surface area contributed by atoms with E-state index in [0.717, 1.165) is 18.5 Å². The summed E-state index contributed by atoms with van der Waals surface area (Å²) in [5.41, 5.74) is 0.735. The summed E-state index contributed by atoms with van der Waals surface area (Å²) in [6.45, 7) is 2.52. The minimum Gasteiger partial charge on any atom is -0.339 e. The summed E-state index contributed by atoms with van der Waals surface area (Å²) < 4.78 is 6.70. The molecule has 0 aromatic carbocycles. The van der Waals surface area contributed by atoms with Crippen LogP contribution in [0.2, 0.25) is 0 Å². The first-order chi connectivity index (χ1) is 7.81. The SMILES string of the molecule is CCCc1nc(Cn2cc(CCl)nn2)no1. The van der Waals surface area contributed by atoms with Crippen molar-refractivity contribution < 1.29 is 4.52 Å². The predicted octanol–water partition coefficient (Wildman–Crippen LogP) is 1.40. The fraction of sp³-hybridized carbons (Fsp3) is 0.556. The van der Waals surface area contributed by atoms with E-state index < -0.39 is 0 Å². The number of halogens is 1. The van der Waals surface area contributed by atoms with Crippen LogP contribution in [0.25, 0.3) is 0 Å². The van der Waals surface area contributed by atoms with Gasteiger partial charge in [-0.2, -0.15) is 4.98 Å². The second kappa shape index (κ2) is 5.07. The van der Waals surface area contributed by atoms with Gasteiger partial charge in [0.2, 0.25) is 5.89 Å². The van der Waals surface area contributed by atoms with E-state index in [1.54, 1.807) is 10.9 Å². The van der Waals surface area contributed by atoms with Gasteiger partial charge in [0, 0.05) is 6.42 Å². The van der Waals surface area contributed by atoms with Gasteiger partial charge in [-0.15, -0.1) is 16.7 Å². The smallest absolute Gasteiger partial charge is 0.226 e. The zero-order chi connectivity index (χ0) is 11.4. The number of hydrogen-bond acceptors (Lipinski definition) is 5. The highest BCUT2D eigenvalue weighted by Crippen LogP contribution is 2.03. The lowest BCUT2D eigenvalue weighted by molar-refractivity contribution is 0.370. The quantitative estimate of drug-likeness (QED) is 0.740. The summed E-state index contributed by atoms with van der Waals surface area (Å²) in [5.74, 6) is 1.62. The monoisotopic (exact) mass is 241 g/mol. The van der Waals surface area contributed by atoms with Crippen LogP contribution in [-0.4, -0.2) is 25.1 Å². The van der Waals surface area contributed by atoms with Crippen LogP contribution in [0, 0.1) is 0 Å². The Balaban J connectivity index is 2.02. The van der Waals surface area contributed by atoms with E-state index in [2.05, 4.69) is 27.4 Å². The van der Waals surface area contributed by atoms with Crippen LogP contribution < -0.4 is 0 Å². The topological polar surface area (TPSA) is 69.6 Å². The first-order valence-electron chi connectivity index (χ1n) is 5.08. The van der Waals surface area contributed by atoms with Gasteiger partial charge in [-0.3, -0.25) is 0 Å². The molecule has 0 fully saturated rings. The Bertz CT molecular complexity index is 452. The van der Waals surface area contributed by atoms with Gasteiger partial charge < -0.3 is 4.52 Å². The van der Waals surface area contributed by atoms with Crippen molar-refractivity contribution in [1.82, 2.24) is 25.1 Å². The Labute approximate surface area is 97.6 Å². The molecule has 0 aliphatic carbocycles. The van der Waals surface area contributed by atoms with Crippen molar-refractivity contribution >= 4 is 11.6 Å². The highest BCUT2D eigenvalue weighted by molar-refractivity contribution is 6.16. The molecule has 2 aromatic rings. The molecule has 0 radical (unpaired) electrons. The maximum Gasteiger partial charge on any atom is 0.226 e. The molecule has 0 saturated heterocycles. The van der Waals surface area contributed by atoms with Crippen molar-refractivity contribution in [2.45, 2.75) is 32.2 Å². The van der Waals surface area contributed by atoms with E-state index in [1.165, 1.54) is 0 Å². The molecule has 0 spiro atoms. The highest BCUT2D eigenvalue weighted by atomic mass is 35.5. The van der Waals surface area contributed by atoms with Crippen molar-refractivity contribution in [3.05, 3.63) is 23.6 Å². The number of aryl methyl sites for hydroxylation is 1. The molecule has 86 valence electrons. The number of nitrogens with zero attached hydrogens (tertiary/aromatic N) is 5. The van der Waals surface area contributed by atoms with Crippen LogP contribution in [0.15, 0.2) is 10.7 Å². The van der Waals surface area contributed by atoms with Crippen LogP contribution in [0.1, 0.15) is 30.8 Å². The third kappa shape index (κ3) is 2.57. The molecule has 2 rings (SSSR count). The van der Waals surface area contributed by atoms with E-state index in [-0.39, 0.29) is 0 Å². The van der Waals surface area contributed by atoms with Crippen molar-refractivity contribution in [3.8, 4) is 0 Å². The standard InChI is InChI=1S/C9H12ClN5O/c1-2-3-9-11-8(13-16-9)6-15-5-7(4-10)12-14-15/h5H,2-4,6H2,1H3. The van der Waals surface area contributed by atoms with E-state index in [0.29, 0.717) is 24.1 Å². The number of hydrogen-bond donors (Lipinski definition) is 0. The number of rotatable bonds is 5. The molecule has 7 heteroatoms. The summed E-state index contributed by atoms with van der Waals surface area (Å²) in [6.07, 6.45) is 3.56. The summed E-state index contributed by atoms with van der Waals surface area (Å²) >= 11 is 5.62. The molecule has 0 bridgehead atoms. The average Bonchev–Trinajstić information content (AvgIpc) is 2.89. The van der Waals surface area contributed by atoms with Gasteiger partial charge in [-0.25, -0.2) is 4.68 Å². The number of aromatic nitrogens is 5. The minimum absolute atomic E-state index is 0.354. The normalized spacial score (nSPS) is 10.9. The summed E-state index contributed by atoms with van der Waals surface area (Å²) in [5, 5.41) is 11.6. The van der Waals surface area contributed by atoms with Gasteiger partial charge in [0.05, 0.1) is 17.8 Å². The third-order valence-corrected chi connectivity index (χ3v) is 2.27. The Morgan fingerprint density at radius 1 is 1.50 bits per heavy atom. The molecule has 0 aliphatic heterocycles. The maximum absolute atomic E-state index is 5.62. The second-order valence-corrected chi connectivity index (χ2v) is 3.66. The van der Waals surface area contributed by atoms with Crippen LogP contribution in [0.5, 0.6) is 0 Å². The minimum atomic E-state index is 0.354. The van der Waals surface area contributed by atoms with E-state index in [9.17, 15) is 0 Å². The van der Waals surface area contributed by atoms with E-state index in [4.69, 9.17) is 16.1 Å². The Kier molecular flexibility index (Phi) is 3.51. The van der Waals surface area contributed by atoms with Crippen molar-refractivity contribution in [2.24, 2.45) is 0 Å². The number of alkyl halides is 1. The van der Waals surface area contributed by atoms with Gasteiger partial charge in [0.15, 0.2) is 5.82 Å². The molecule has 0 amide bonds. The molecular formula is C9H12ClN5O. The molecule has 0 aliphatic rings. The molecule has 6 nitrogen and oxygen atoms in total. The molecule has 0 N–H and O–H groups in total. The first-order valence-corrected chi connectivity index (χ1v) is 5.61. The van der Waals surface area contributed by atoms with Crippen molar-refractivity contribution in [1.29, 1.82) is 0 Å². The first kappa shape index (κ1) is 11.1. The molecule has 0 atom stereocenters. The fourth-order valence-corrected chi connectivity index (χ4v) is 1.41. The third-order valence-electron chi connectivity index (χ3n) is 2.00. The van der Waals surface area contributed by atoms with Gasteiger partial charge in [0.25, 0.3) is 0 Å². The van der Waals surface area contributed by atoms with Crippen LogP contribution in [0.4, 0.5) is 0 Å². The molecule has 0 unspecified atom stereocenters. The Hall–Kier alpha value is -1.43. The summed E-state index contributed by atoms with van der Waals surface area (Å²) in [4.78, 5) is 4.23. The zero-order valence-electron chi connectivity index (χ0n) is 8.93. The fourth-order valence-electron chi connectivity index (χ4n) is 1.29.